The number of benzene rings is 1. The molecule has 1 unspecified atom stereocenters. The first-order valence-electron chi connectivity index (χ1n) is 5.54. The van der Waals surface area contributed by atoms with Crippen molar-refractivity contribution >= 4 is 11.8 Å². The van der Waals surface area contributed by atoms with Crippen LogP contribution in [0.25, 0.3) is 0 Å². The molecule has 0 bridgehead atoms. The van der Waals surface area contributed by atoms with Crippen LogP contribution >= 0.6 is 11.8 Å². The van der Waals surface area contributed by atoms with Gasteiger partial charge in [0.2, 0.25) is 0 Å². The van der Waals surface area contributed by atoms with Gasteiger partial charge in [-0.25, -0.2) is 0 Å². The van der Waals surface area contributed by atoms with Gasteiger partial charge in [0.1, 0.15) is 5.75 Å². The van der Waals surface area contributed by atoms with Gasteiger partial charge >= 0.3 is 0 Å². The zero-order valence-corrected chi connectivity index (χ0v) is 11.1. The third-order valence-electron chi connectivity index (χ3n) is 2.14. The van der Waals surface area contributed by atoms with Gasteiger partial charge in [-0.1, -0.05) is 32.9 Å². The van der Waals surface area contributed by atoms with Crippen molar-refractivity contribution in [1.29, 1.82) is 0 Å². The average Bonchev–Trinajstić information content (AvgIpc) is 2.14. The fourth-order valence-corrected chi connectivity index (χ4v) is 2.23. The Morgan fingerprint density at radius 2 is 2.06 bits per heavy atom. The zero-order valence-electron chi connectivity index (χ0n) is 10.2. The van der Waals surface area contributed by atoms with Crippen LogP contribution in [0.15, 0.2) is 24.3 Å². The van der Waals surface area contributed by atoms with Gasteiger partial charge in [0.15, 0.2) is 0 Å². The summed E-state index contributed by atoms with van der Waals surface area (Å²) in [6.45, 7) is 6.58. The predicted octanol–water partition coefficient (Wildman–Crippen LogP) is 2.79. The first kappa shape index (κ1) is 13.4. The molecular formula is C13H21NOS. The molecule has 3 heteroatoms. The third-order valence-corrected chi connectivity index (χ3v) is 3.60. The molecule has 0 fully saturated rings. The van der Waals surface area contributed by atoms with Crippen molar-refractivity contribution in [3.63, 3.8) is 0 Å². The maximum atomic E-state index is 9.34. The summed E-state index contributed by atoms with van der Waals surface area (Å²) in [6, 6.07) is 7.46. The molecule has 0 aliphatic rings. The van der Waals surface area contributed by atoms with Crippen LogP contribution in [0.4, 0.5) is 0 Å². The van der Waals surface area contributed by atoms with E-state index >= 15 is 0 Å². The average molecular weight is 239 g/mol. The Hall–Kier alpha value is -0.670. The van der Waals surface area contributed by atoms with Gasteiger partial charge in [-0.3, -0.25) is 0 Å². The standard InChI is InChI=1S/C13H21NOS/c1-13(2,3)16-9-11(14)7-10-5-4-6-12(15)8-10/h4-6,8,11,15H,7,9,14H2,1-3H3. The molecule has 0 radical (unpaired) electrons. The molecule has 0 saturated heterocycles. The number of thioether (sulfide) groups is 1. The lowest BCUT2D eigenvalue weighted by Crippen LogP contribution is -2.27. The predicted molar refractivity (Wildman–Crippen MR) is 72.0 cm³/mol. The van der Waals surface area contributed by atoms with Gasteiger partial charge in [-0.15, -0.1) is 0 Å². The third kappa shape index (κ3) is 5.42. The molecule has 1 rings (SSSR count). The largest absolute Gasteiger partial charge is 0.508 e. The summed E-state index contributed by atoms with van der Waals surface area (Å²) in [5.74, 6) is 1.26. The number of phenolic OH excluding ortho intramolecular Hbond substituents is 1. The fraction of sp³-hybridized carbons (Fsp3) is 0.538. The minimum absolute atomic E-state index is 0.144. The van der Waals surface area contributed by atoms with E-state index in [-0.39, 0.29) is 10.8 Å². The van der Waals surface area contributed by atoms with Crippen molar-refractivity contribution < 1.29 is 5.11 Å². The topological polar surface area (TPSA) is 46.2 Å². The van der Waals surface area contributed by atoms with E-state index in [2.05, 4.69) is 20.8 Å². The van der Waals surface area contributed by atoms with Crippen LogP contribution in [-0.2, 0) is 6.42 Å². The molecule has 90 valence electrons. The molecule has 0 aliphatic heterocycles. The SMILES string of the molecule is CC(C)(C)SCC(N)Cc1cccc(O)c1. The lowest BCUT2D eigenvalue weighted by atomic mass is 10.1. The Morgan fingerprint density at radius 3 is 2.62 bits per heavy atom. The van der Waals surface area contributed by atoms with E-state index in [1.54, 1.807) is 12.1 Å². The molecule has 2 nitrogen and oxygen atoms in total. The molecule has 1 aromatic rings. The van der Waals surface area contributed by atoms with Crippen LogP contribution in [-0.4, -0.2) is 21.6 Å². The van der Waals surface area contributed by atoms with E-state index in [9.17, 15) is 5.11 Å². The lowest BCUT2D eigenvalue weighted by Gasteiger charge is -2.20. The van der Waals surface area contributed by atoms with Crippen LogP contribution in [0.1, 0.15) is 26.3 Å². The highest BCUT2D eigenvalue weighted by atomic mass is 32.2. The molecule has 0 heterocycles. The Bertz CT molecular complexity index is 333. The summed E-state index contributed by atoms with van der Waals surface area (Å²) in [7, 11) is 0. The molecule has 16 heavy (non-hydrogen) atoms. The second-order valence-electron chi connectivity index (χ2n) is 5.06. The van der Waals surface area contributed by atoms with Crippen LogP contribution in [0.3, 0.4) is 0 Å². The van der Waals surface area contributed by atoms with E-state index in [1.165, 1.54) is 0 Å². The molecule has 3 N–H and O–H groups in total. The van der Waals surface area contributed by atoms with Gasteiger partial charge in [0, 0.05) is 16.5 Å². The van der Waals surface area contributed by atoms with Crippen molar-refractivity contribution in [2.75, 3.05) is 5.75 Å². The summed E-state index contributed by atoms with van der Waals surface area (Å²) in [4.78, 5) is 0. The molecule has 0 aliphatic carbocycles. The quantitative estimate of drug-likeness (QED) is 0.849. The number of rotatable bonds is 4. The highest BCUT2D eigenvalue weighted by Gasteiger charge is 2.13. The highest BCUT2D eigenvalue weighted by Crippen LogP contribution is 2.24. The van der Waals surface area contributed by atoms with E-state index in [0.717, 1.165) is 17.7 Å². The second-order valence-corrected chi connectivity index (χ2v) is 6.90. The van der Waals surface area contributed by atoms with Gasteiger partial charge in [-0.2, -0.15) is 11.8 Å². The summed E-state index contributed by atoms with van der Waals surface area (Å²) in [5, 5.41) is 9.34. The summed E-state index contributed by atoms with van der Waals surface area (Å²) in [5.41, 5.74) is 7.16. The van der Waals surface area contributed by atoms with E-state index in [4.69, 9.17) is 5.73 Å². The number of phenols is 1. The molecule has 0 spiro atoms. The molecule has 1 aromatic carbocycles. The monoisotopic (exact) mass is 239 g/mol. The van der Waals surface area contributed by atoms with Crippen LogP contribution < -0.4 is 5.73 Å². The second kappa shape index (κ2) is 5.60. The highest BCUT2D eigenvalue weighted by molar-refractivity contribution is 8.00. The van der Waals surface area contributed by atoms with Gasteiger partial charge in [0.05, 0.1) is 0 Å². The van der Waals surface area contributed by atoms with Crippen molar-refractivity contribution in [3.05, 3.63) is 29.8 Å². The van der Waals surface area contributed by atoms with Crippen LogP contribution in [0, 0.1) is 0 Å². The maximum absolute atomic E-state index is 9.34. The van der Waals surface area contributed by atoms with E-state index in [1.807, 2.05) is 23.9 Å². The smallest absolute Gasteiger partial charge is 0.115 e. The van der Waals surface area contributed by atoms with E-state index < -0.39 is 0 Å². The van der Waals surface area contributed by atoms with Crippen LogP contribution in [0.5, 0.6) is 5.75 Å². The molecule has 0 saturated carbocycles. The van der Waals surface area contributed by atoms with Gasteiger partial charge < -0.3 is 10.8 Å². The van der Waals surface area contributed by atoms with E-state index in [0.29, 0.717) is 5.75 Å². The fourth-order valence-electron chi connectivity index (χ4n) is 1.40. The molecule has 1 atom stereocenters. The number of nitrogens with two attached hydrogens (primary N) is 1. The Balaban J connectivity index is 2.43. The zero-order chi connectivity index (χ0) is 12.2. The number of hydrogen-bond acceptors (Lipinski definition) is 3. The Labute approximate surface area is 102 Å². The van der Waals surface area contributed by atoms with Crippen molar-refractivity contribution in [1.82, 2.24) is 0 Å². The molecular weight excluding hydrogens is 218 g/mol. The van der Waals surface area contributed by atoms with Gasteiger partial charge in [-0.05, 0) is 24.1 Å². The van der Waals surface area contributed by atoms with Crippen molar-refractivity contribution in [2.24, 2.45) is 5.73 Å². The first-order valence-corrected chi connectivity index (χ1v) is 6.53. The summed E-state index contributed by atoms with van der Waals surface area (Å²) in [6.07, 6.45) is 0.817. The molecule has 0 aromatic heterocycles. The summed E-state index contributed by atoms with van der Waals surface area (Å²) < 4.78 is 0.260. The maximum Gasteiger partial charge on any atom is 0.115 e. The minimum atomic E-state index is 0.144. The molecule has 0 amide bonds. The number of aromatic hydroxyl groups is 1. The lowest BCUT2D eigenvalue weighted by molar-refractivity contribution is 0.474. The van der Waals surface area contributed by atoms with Crippen LogP contribution in [0.2, 0.25) is 0 Å². The number of hydrogen-bond donors (Lipinski definition) is 2. The summed E-state index contributed by atoms with van der Waals surface area (Å²) >= 11 is 1.88. The van der Waals surface area contributed by atoms with Gasteiger partial charge in [0.25, 0.3) is 0 Å². The normalized spacial score (nSPS) is 13.8. The first-order chi connectivity index (χ1) is 7.37. The Morgan fingerprint density at radius 1 is 1.38 bits per heavy atom. The Kier molecular flexibility index (Phi) is 4.69. The minimum Gasteiger partial charge on any atom is -0.508 e. The van der Waals surface area contributed by atoms with Crippen molar-refractivity contribution in [3.8, 4) is 5.75 Å². The van der Waals surface area contributed by atoms with Crippen molar-refractivity contribution in [2.45, 2.75) is 38.0 Å².